The average molecular weight is 316 g/mol. The summed E-state index contributed by atoms with van der Waals surface area (Å²) in [6, 6.07) is 5.32. The number of halogens is 1. The zero-order valence-corrected chi connectivity index (χ0v) is 12.9. The molecule has 120 valence electrons. The van der Waals surface area contributed by atoms with Crippen LogP contribution in [0.15, 0.2) is 30.5 Å². The number of carbonyl (C=O) groups is 2. The molecule has 0 saturated carbocycles. The lowest BCUT2D eigenvalue weighted by Crippen LogP contribution is -2.29. The number of aryl methyl sites for hydroxylation is 1. The van der Waals surface area contributed by atoms with Gasteiger partial charge in [0.25, 0.3) is 5.91 Å². The van der Waals surface area contributed by atoms with Gasteiger partial charge in [0, 0.05) is 24.8 Å². The van der Waals surface area contributed by atoms with Crippen molar-refractivity contribution in [2.45, 2.75) is 13.8 Å². The van der Waals surface area contributed by atoms with Crippen molar-refractivity contribution in [3.8, 4) is 0 Å². The number of ketones is 1. The molecule has 1 aromatic heterocycles. The van der Waals surface area contributed by atoms with Crippen LogP contribution in [-0.4, -0.2) is 34.7 Å². The SMILES string of the molecule is CC(=O)c1cnc(NCCNC(=O)c2ccc(F)cc2)nc1C. The molecule has 2 rings (SSSR count). The number of aromatic nitrogens is 2. The number of carbonyl (C=O) groups excluding carboxylic acids is 2. The van der Waals surface area contributed by atoms with Gasteiger partial charge in [0.2, 0.25) is 5.95 Å². The molecule has 0 radical (unpaired) electrons. The normalized spacial score (nSPS) is 10.2. The fraction of sp³-hybridized carbons (Fsp3) is 0.250. The van der Waals surface area contributed by atoms with Gasteiger partial charge in [0.05, 0.1) is 11.3 Å². The highest BCUT2D eigenvalue weighted by Gasteiger charge is 2.07. The molecule has 6 nitrogen and oxygen atoms in total. The van der Waals surface area contributed by atoms with E-state index in [0.29, 0.717) is 35.9 Å². The number of anilines is 1. The van der Waals surface area contributed by atoms with Crippen LogP contribution in [-0.2, 0) is 0 Å². The highest BCUT2D eigenvalue weighted by molar-refractivity contribution is 5.95. The molecule has 0 fully saturated rings. The Kier molecular flexibility index (Phi) is 5.35. The molecule has 0 atom stereocenters. The van der Waals surface area contributed by atoms with E-state index in [-0.39, 0.29) is 17.5 Å². The van der Waals surface area contributed by atoms with E-state index in [9.17, 15) is 14.0 Å². The maximum atomic E-state index is 12.8. The largest absolute Gasteiger partial charge is 0.352 e. The monoisotopic (exact) mass is 316 g/mol. The first-order chi connectivity index (χ1) is 11.0. The van der Waals surface area contributed by atoms with Crippen LogP contribution in [0.1, 0.15) is 33.3 Å². The molecule has 0 bridgehead atoms. The molecule has 1 amide bonds. The van der Waals surface area contributed by atoms with Gasteiger partial charge >= 0.3 is 0 Å². The average Bonchev–Trinajstić information content (AvgIpc) is 2.51. The van der Waals surface area contributed by atoms with E-state index in [2.05, 4.69) is 20.6 Å². The van der Waals surface area contributed by atoms with Crippen molar-refractivity contribution in [2.75, 3.05) is 18.4 Å². The molecule has 23 heavy (non-hydrogen) atoms. The number of amides is 1. The third kappa shape index (κ3) is 4.57. The lowest BCUT2D eigenvalue weighted by molar-refractivity contribution is 0.0954. The topological polar surface area (TPSA) is 84.0 Å². The first-order valence-electron chi connectivity index (χ1n) is 7.09. The second kappa shape index (κ2) is 7.44. The second-order valence-electron chi connectivity index (χ2n) is 4.94. The summed E-state index contributed by atoms with van der Waals surface area (Å²) in [7, 11) is 0. The van der Waals surface area contributed by atoms with Gasteiger partial charge in [0.1, 0.15) is 5.82 Å². The summed E-state index contributed by atoms with van der Waals surface area (Å²) in [5, 5.41) is 5.66. The molecule has 0 saturated heterocycles. The lowest BCUT2D eigenvalue weighted by atomic mass is 10.2. The van der Waals surface area contributed by atoms with E-state index in [1.807, 2.05) is 0 Å². The predicted molar refractivity (Wildman–Crippen MR) is 84.0 cm³/mol. The minimum atomic E-state index is -0.384. The van der Waals surface area contributed by atoms with Crippen LogP contribution in [0.25, 0.3) is 0 Å². The molecule has 0 aliphatic carbocycles. The van der Waals surface area contributed by atoms with Crippen LogP contribution in [0.4, 0.5) is 10.3 Å². The quantitative estimate of drug-likeness (QED) is 0.629. The van der Waals surface area contributed by atoms with E-state index in [0.717, 1.165) is 0 Å². The molecular formula is C16H17FN4O2. The molecule has 0 aliphatic rings. The zero-order valence-electron chi connectivity index (χ0n) is 12.9. The summed E-state index contributed by atoms with van der Waals surface area (Å²) < 4.78 is 12.8. The van der Waals surface area contributed by atoms with Crippen LogP contribution in [0.2, 0.25) is 0 Å². The van der Waals surface area contributed by atoms with Crippen molar-refractivity contribution in [1.29, 1.82) is 0 Å². The maximum absolute atomic E-state index is 12.8. The van der Waals surface area contributed by atoms with Crippen LogP contribution < -0.4 is 10.6 Å². The highest BCUT2D eigenvalue weighted by atomic mass is 19.1. The van der Waals surface area contributed by atoms with Gasteiger partial charge in [-0.2, -0.15) is 0 Å². The minimum absolute atomic E-state index is 0.0828. The minimum Gasteiger partial charge on any atom is -0.352 e. The Morgan fingerprint density at radius 3 is 2.48 bits per heavy atom. The first kappa shape index (κ1) is 16.5. The summed E-state index contributed by atoms with van der Waals surface area (Å²) in [5.41, 5.74) is 1.48. The molecule has 0 spiro atoms. The third-order valence-electron chi connectivity index (χ3n) is 3.16. The molecule has 2 N–H and O–H groups in total. The smallest absolute Gasteiger partial charge is 0.251 e. The molecule has 1 heterocycles. The Balaban J connectivity index is 1.81. The third-order valence-corrected chi connectivity index (χ3v) is 3.16. The number of Topliss-reactive ketones (excluding diaryl/α,β-unsaturated/α-hetero) is 1. The van der Waals surface area contributed by atoms with Crippen LogP contribution in [0.5, 0.6) is 0 Å². The maximum Gasteiger partial charge on any atom is 0.251 e. The van der Waals surface area contributed by atoms with Gasteiger partial charge in [-0.05, 0) is 38.1 Å². The van der Waals surface area contributed by atoms with Crippen molar-refractivity contribution >= 4 is 17.6 Å². The van der Waals surface area contributed by atoms with Crippen LogP contribution in [0.3, 0.4) is 0 Å². The molecular weight excluding hydrogens is 299 g/mol. The lowest BCUT2D eigenvalue weighted by Gasteiger charge is -2.08. The van der Waals surface area contributed by atoms with Gasteiger partial charge in [-0.15, -0.1) is 0 Å². The van der Waals surface area contributed by atoms with Crippen LogP contribution >= 0.6 is 0 Å². The Bertz CT molecular complexity index is 717. The second-order valence-corrected chi connectivity index (χ2v) is 4.94. The van der Waals surface area contributed by atoms with E-state index in [1.54, 1.807) is 6.92 Å². The van der Waals surface area contributed by atoms with E-state index in [4.69, 9.17) is 0 Å². The van der Waals surface area contributed by atoms with E-state index in [1.165, 1.54) is 37.4 Å². The van der Waals surface area contributed by atoms with Crippen molar-refractivity contribution in [3.05, 3.63) is 53.1 Å². The van der Waals surface area contributed by atoms with Crippen molar-refractivity contribution in [2.24, 2.45) is 0 Å². The van der Waals surface area contributed by atoms with Crippen LogP contribution in [0, 0.1) is 12.7 Å². The predicted octanol–water partition coefficient (Wildman–Crippen LogP) is 1.97. The van der Waals surface area contributed by atoms with Crippen molar-refractivity contribution in [1.82, 2.24) is 15.3 Å². The molecule has 0 unspecified atom stereocenters. The standard InChI is InChI=1S/C16H17FN4O2/c1-10-14(11(2)22)9-20-16(21-10)19-8-7-18-15(23)12-3-5-13(17)6-4-12/h3-6,9H,7-8H2,1-2H3,(H,18,23)(H,19,20,21). The molecule has 1 aromatic carbocycles. The fourth-order valence-electron chi connectivity index (χ4n) is 1.95. The number of benzene rings is 1. The number of hydrogen-bond donors (Lipinski definition) is 2. The Hall–Kier alpha value is -2.83. The number of nitrogens with one attached hydrogen (secondary N) is 2. The summed E-state index contributed by atoms with van der Waals surface area (Å²) >= 11 is 0. The fourth-order valence-corrected chi connectivity index (χ4v) is 1.95. The molecule has 7 heteroatoms. The van der Waals surface area contributed by atoms with Crippen molar-refractivity contribution < 1.29 is 14.0 Å². The Morgan fingerprint density at radius 2 is 1.87 bits per heavy atom. The van der Waals surface area contributed by atoms with Gasteiger partial charge in [-0.25, -0.2) is 14.4 Å². The summed E-state index contributed by atoms with van der Waals surface area (Å²) in [6.07, 6.45) is 1.48. The van der Waals surface area contributed by atoms with Gasteiger partial charge in [0.15, 0.2) is 5.78 Å². The van der Waals surface area contributed by atoms with Gasteiger partial charge < -0.3 is 10.6 Å². The number of rotatable bonds is 6. The molecule has 2 aromatic rings. The molecule has 0 aliphatic heterocycles. The van der Waals surface area contributed by atoms with Gasteiger partial charge in [-0.1, -0.05) is 0 Å². The number of hydrogen-bond acceptors (Lipinski definition) is 5. The number of nitrogens with zero attached hydrogens (tertiary/aromatic N) is 2. The van der Waals surface area contributed by atoms with E-state index < -0.39 is 0 Å². The summed E-state index contributed by atoms with van der Waals surface area (Å²) in [4.78, 5) is 31.3. The van der Waals surface area contributed by atoms with Crippen molar-refractivity contribution in [3.63, 3.8) is 0 Å². The van der Waals surface area contributed by atoms with Gasteiger partial charge in [-0.3, -0.25) is 9.59 Å². The summed E-state index contributed by atoms with van der Waals surface area (Å²) in [5.74, 6) is -0.357. The Labute approximate surface area is 133 Å². The highest BCUT2D eigenvalue weighted by Crippen LogP contribution is 2.07. The Morgan fingerprint density at radius 1 is 1.17 bits per heavy atom. The van der Waals surface area contributed by atoms with E-state index >= 15 is 0 Å². The zero-order chi connectivity index (χ0) is 16.8. The summed E-state index contributed by atoms with van der Waals surface area (Å²) in [6.45, 7) is 3.97. The first-order valence-corrected chi connectivity index (χ1v) is 7.09.